The number of aromatic amines is 1. The third kappa shape index (κ3) is 2.06. The Morgan fingerprint density at radius 1 is 1.00 bits per heavy atom. The normalized spacial score (nSPS) is 11.3. The van der Waals surface area contributed by atoms with Gasteiger partial charge in [-0.2, -0.15) is 0 Å². The van der Waals surface area contributed by atoms with Crippen LogP contribution in [0.1, 0.15) is 0 Å². The van der Waals surface area contributed by atoms with Crippen molar-refractivity contribution in [1.82, 2.24) is 9.97 Å². The molecular weight excluding hydrogens is 212 g/mol. The molecule has 0 fully saturated rings. The summed E-state index contributed by atoms with van der Waals surface area (Å²) in [7, 11) is 0. The van der Waals surface area contributed by atoms with Crippen LogP contribution in [-0.2, 0) is 0 Å². The molecule has 1 heterocycles. The highest BCUT2D eigenvalue weighted by atomic mass is 15.2. The minimum atomic E-state index is 0.513. The Labute approximate surface area is 98.0 Å². The van der Waals surface area contributed by atoms with Gasteiger partial charge < -0.3 is 4.98 Å². The zero-order chi connectivity index (χ0) is 11.5. The van der Waals surface area contributed by atoms with Gasteiger partial charge in [0.25, 0.3) is 0 Å². The first-order chi connectivity index (χ1) is 8.42. The van der Waals surface area contributed by atoms with E-state index >= 15 is 0 Å². The fourth-order valence-electron chi connectivity index (χ4n) is 1.54. The van der Waals surface area contributed by atoms with Gasteiger partial charge in [-0.1, -0.05) is 24.3 Å². The van der Waals surface area contributed by atoms with E-state index in [9.17, 15) is 0 Å². The first-order valence-corrected chi connectivity index (χ1v) is 5.24. The van der Waals surface area contributed by atoms with Crippen LogP contribution in [0, 0.1) is 6.07 Å². The first kappa shape index (κ1) is 9.72. The number of imidazole rings is 1. The van der Waals surface area contributed by atoms with Gasteiger partial charge in [-0.25, -0.2) is 4.98 Å². The third-order valence-electron chi connectivity index (χ3n) is 2.34. The summed E-state index contributed by atoms with van der Waals surface area (Å²) in [5.41, 5.74) is 2.63. The monoisotopic (exact) mass is 221 g/mol. The van der Waals surface area contributed by atoms with Crippen molar-refractivity contribution in [2.45, 2.75) is 0 Å². The number of hydrogen-bond acceptors (Lipinski definition) is 3. The predicted octanol–water partition coefficient (Wildman–Crippen LogP) is 3.78. The Bertz CT molecular complexity index is 622. The van der Waals surface area contributed by atoms with Crippen molar-refractivity contribution in [3.63, 3.8) is 0 Å². The minimum Gasteiger partial charge on any atom is -0.321 e. The van der Waals surface area contributed by atoms with Crippen LogP contribution in [0.3, 0.4) is 0 Å². The van der Waals surface area contributed by atoms with E-state index in [4.69, 9.17) is 0 Å². The Kier molecular flexibility index (Phi) is 2.38. The Morgan fingerprint density at radius 3 is 2.65 bits per heavy atom. The van der Waals surface area contributed by atoms with Crippen LogP contribution in [0.4, 0.5) is 11.6 Å². The van der Waals surface area contributed by atoms with E-state index in [-0.39, 0.29) is 0 Å². The van der Waals surface area contributed by atoms with E-state index < -0.39 is 0 Å². The van der Waals surface area contributed by atoms with Crippen molar-refractivity contribution in [2.75, 3.05) is 0 Å². The lowest BCUT2D eigenvalue weighted by Gasteiger charge is -1.87. The zero-order valence-corrected chi connectivity index (χ0v) is 8.96. The molecule has 0 saturated carbocycles. The lowest BCUT2D eigenvalue weighted by molar-refractivity contribution is 1.13. The van der Waals surface area contributed by atoms with Gasteiger partial charge in [0, 0.05) is 0 Å². The Hall–Kier alpha value is -2.49. The molecule has 0 unspecified atom stereocenters. The van der Waals surface area contributed by atoms with Crippen LogP contribution in [0.25, 0.3) is 11.0 Å². The quantitative estimate of drug-likeness (QED) is 0.658. The number of azo groups is 1. The highest BCUT2D eigenvalue weighted by molar-refractivity contribution is 5.76. The van der Waals surface area contributed by atoms with Crippen LogP contribution in [0.15, 0.2) is 58.8 Å². The molecule has 1 N–H and O–H groups in total. The second-order valence-electron chi connectivity index (χ2n) is 3.54. The summed E-state index contributed by atoms with van der Waals surface area (Å²) in [6.07, 6.45) is 0. The van der Waals surface area contributed by atoms with Gasteiger partial charge in [0.2, 0.25) is 5.95 Å². The van der Waals surface area contributed by atoms with Gasteiger partial charge in [0.15, 0.2) is 0 Å². The maximum Gasteiger partial charge on any atom is 0.247 e. The fourth-order valence-corrected chi connectivity index (χ4v) is 1.54. The number of aromatic nitrogens is 2. The molecule has 4 nitrogen and oxygen atoms in total. The number of nitrogens with one attached hydrogen (secondary N) is 1. The summed E-state index contributed by atoms with van der Waals surface area (Å²) in [4.78, 5) is 7.39. The number of benzene rings is 2. The average molecular weight is 221 g/mol. The van der Waals surface area contributed by atoms with Crippen molar-refractivity contribution in [3.05, 3.63) is 54.6 Å². The van der Waals surface area contributed by atoms with Crippen molar-refractivity contribution in [1.29, 1.82) is 0 Å². The summed E-state index contributed by atoms with van der Waals surface area (Å²) >= 11 is 0. The molecule has 2 aromatic carbocycles. The van der Waals surface area contributed by atoms with E-state index in [1.807, 2.05) is 36.4 Å². The molecular formula is C13H9N4. The molecule has 0 spiro atoms. The molecule has 0 amide bonds. The highest BCUT2D eigenvalue weighted by Crippen LogP contribution is 2.18. The summed E-state index contributed by atoms with van der Waals surface area (Å²) < 4.78 is 0. The number of nitrogens with zero attached hydrogens (tertiary/aromatic N) is 3. The van der Waals surface area contributed by atoms with Crippen molar-refractivity contribution >= 4 is 22.7 Å². The van der Waals surface area contributed by atoms with Crippen molar-refractivity contribution in [2.24, 2.45) is 10.2 Å². The molecule has 3 aromatic rings. The molecule has 0 aliphatic carbocycles. The zero-order valence-electron chi connectivity index (χ0n) is 8.96. The second-order valence-corrected chi connectivity index (χ2v) is 3.54. The third-order valence-corrected chi connectivity index (χ3v) is 2.34. The minimum absolute atomic E-state index is 0.513. The summed E-state index contributed by atoms with van der Waals surface area (Å²) in [5, 5.41) is 8.14. The van der Waals surface area contributed by atoms with Crippen LogP contribution in [-0.4, -0.2) is 9.97 Å². The van der Waals surface area contributed by atoms with Crippen LogP contribution < -0.4 is 0 Å². The standard InChI is InChI=1S/C13H9N4/c1-2-6-10(7-3-1)16-17-13-14-11-8-4-5-9-12(11)15-13/h2-9H,(H,14,15). The first-order valence-electron chi connectivity index (χ1n) is 5.24. The van der Waals surface area contributed by atoms with E-state index in [1.165, 1.54) is 0 Å². The number of H-pyrrole nitrogens is 1. The van der Waals surface area contributed by atoms with Crippen LogP contribution in [0.2, 0.25) is 0 Å². The maximum absolute atomic E-state index is 4.30. The lowest BCUT2D eigenvalue weighted by Crippen LogP contribution is -1.65. The topological polar surface area (TPSA) is 53.4 Å². The van der Waals surface area contributed by atoms with E-state index in [0.29, 0.717) is 5.95 Å². The van der Waals surface area contributed by atoms with Crippen LogP contribution >= 0.6 is 0 Å². The molecule has 0 aliphatic heterocycles. The van der Waals surface area contributed by atoms with Gasteiger partial charge in [0.05, 0.1) is 16.7 Å². The SMILES string of the molecule is [c]1ccc(N=Nc2nc3ccccc3[nH]2)cc1. The number of fused-ring (bicyclic) bond motifs is 1. The molecule has 1 aromatic heterocycles. The smallest absolute Gasteiger partial charge is 0.247 e. The van der Waals surface area contributed by atoms with Gasteiger partial charge >= 0.3 is 0 Å². The lowest BCUT2D eigenvalue weighted by atomic mass is 10.3. The average Bonchev–Trinajstić information content (AvgIpc) is 2.80. The molecule has 4 heteroatoms. The van der Waals surface area contributed by atoms with Gasteiger partial charge in [0.1, 0.15) is 0 Å². The highest BCUT2D eigenvalue weighted by Gasteiger charge is 1.99. The summed E-state index contributed by atoms with van der Waals surface area (Å²) in [6.45, 7) is 0. The summed E-state index contributed by atoms with van der Waals surface area (Å²) in [6, 6.07) is 18.0. The van der Waals surface area contributed by atoms with Gasteiger partial charge in [-0.3, -0.25) is 0 Å². The number of para-hydroxylation sites is 2. The molecule has 0 atom stereocenters. The van der Waals surface area contributed by atoms with E-state index in [0.717, 1.165) is 16.7 Å². The molecule has 0 saturated heterocycles. The number of hydrogen-bond donors (Lipinski definition) is 1. The Morgan fingerprint density at radius 2 is 1.82 bits per heavy atom. The molecule has 0 aliphatic rings. The largest absolute Gasteiger partial charge is 0.321 e. The number of rotatable bonds is 2. The van der Waals surface area contributed by atoms with E-state index in [2.05, 4.69) is 26.3 Å². The Balaban J connectivity index is 1.92. The van der Waals surface area contributed by atoms with Gasteiger partial charge in [-0.15, -0.1) is 10.2 Å². The maximum atomic E-state index is 4.30. The molecule has 3 rings (SSSR count). The molecule has 1 radical (unpaired) electrons. The van der Waals surface area contributed by atoms with Crippen molar-refractivity contribution in [3.8, 4) is 0 Å². The summed E-state index contributed by atoms with van der Waals surface area (Å²) in [5.74, 6) is 0.513. The molecule has 0 bridgehead atoms. The predicted molar refractivity (Wildman–Crippen MR) is 65.5 cm³/mol. The van der Waals surface area contributed by atoms with Gasteiger partial charge in [-0.05, 0) is 30.3 Å². The second kappa shape index (κ2) is 4.17. The van der Waals surface area contributed by atoms with E-state index in [1.54, 1.807) is 12.1 Å². The molecule has 81 valence electrons. The molecule has 17 heavy (non-hydrogen) atoms. The van der Waals surface area contributed by atoms with Crippen molar-refractivity contribution < 1.29 is 0 Å². The van der Waals surface area contributed by atoms with Crippen LogP contribution in [0.5, 0.6) is 0 Å². The fraction of sp³-hybridized carbons (Fsp3) is 0.